The monoisotopic (exact) mass is 267 g/mol. The van der Waals surface area contributed by atoms with E-state index in [2.05, 4.69) is 0 Å². The predicted octanol–water partition coefficient (Wildman–Crippen LogP) is 2.12. The number of ether oxygens (including phenoxy) is 1. The van der Waals surface area contributed by atoms with E-state index in [1.807, 2.05) is 30.3 Å². The lowest BCUT2D eigenvalue weighted by Gasteiger charge is -2.37. The average molecular weight is 267 g/mol. The van der Waals surface area contributed by atoms with Gasteiger partial charge in [0.2, 0.25) is 0 Å². The number of carbonyl (C=O) groups is 1. The SMILES string of the molecule is C[C@@]1(O)CCN(C(=O)OCc2ccccc2)C[C@H]1F. The van der Waals surface area contributed by atoms with E-state index in [1.54, 1.807) is 0 Å². The minimum absolute atomic E-state index is 0.124. The summed E-state index contributed by atoms with van der Waals surface area (Å²) >= 11 is 0. The lowest BCUT2D eigenvalue weighted by molar-refractivity contribution is -0.0682. The van der Waals surface area contributed by atoms with Crippen LogP contribution < -0.4 is 0 Å². The van der Waals surface area contributed by atoms with Crippen LogP contribution in [-0.4, -0.2) is 41.0 Å². The maximum absolute atomic E-state index is 13.6. The average Bonchev–Trinajstić information content (AvgIpc) is 2.40. The molecule has 5 heteroatoms. The molecule has 0 spiro atoms. The number of amides is 1. The Balaban J connectivity index is 1.84. The summed E-state index contributed by atoms with van der Waals surface area (Å²) in [6, 6.07) is 9.31. The Kier molecular flexibility index (Phi) is 4.04. The molecule has 2 rings (SSSR count). The van der Waals surface area contributed by atoms with Gasteiger partial charge in [-0.2, -0.15) is 0 Å². The van der Waals surface area contributed by atoms with E-state index in [4.69, 9.17) is 4.74 Å². The van der Waals surface area contributed by atoms with Crippen molar-refractivity contribution < 1.29 is 19.0 Å². The van der Waals surface area contributed by atoms with Crippen LogP contribution in [0.2, 0.25) is 0 Å². The number of rotatable bonds is 2. The number of benzene rings is 1. The Labute approximate surface area is 111 Å². The summed E-state index contributed by atoms with van der Waals surface area (Å²) in [5.41, 5.74) is -0.465. The first-order valence-corrected chi connectivity index (χ1v) is 6.31. The second kappa shape index (κ2) is 5.57. The Hall–Kier alpha value is -1.62. The highest BCUT2D eigenvalue weighted by Gasteiger charge is 2.39. The number of hydrogen-bond acceptors (Lipinski definition) is 3. The lowest BCUT2D eigenvalue weighted by atomic mass is 9.92. The van der Waals surface area contributed by atoms with Gasteiger partial charge in [-0.3, -0.25) is 0 Å². The Morgan fingerprint density at radius 1 is 1.53 bits per heavy atom. The second-order valence-electron chi connectivity index (χ2n) is 5.06. The summed E-state index contributed by atoms with van der Waals surface area (Å²) in [7, 11) is 0. The van der Waals surface area contributed by atoms with Crippen LogP contribution in [0.25, 0.3) is 0 Å². The van der Waals surface area contributed by atoms with Crippen LogP contribution in [0.15, 0.2) is 30.3 Å². The second-order valence-corrected chi connectivity index (χ2v) is 5.06. The molecule has 1 aromatic rings. The third-order valence-corrected chi connectivity index (χ3v) is 3.41. The van der Waals surface area contributed by atoms with Crippen molar-refractivity contribution in [1.29, 1.82) is 0 Å². The summed E-state index contributed by atoms with van der Waals surface area (Å²) in [6.45, 7) is 1.80. The van der Waals surface area contributed by atoms with E-state index in [-0.39, 0.29) is 19.6 Å². The van der Waals surface area contributed by atoms with Crippen LogP contribution in [-0.2, 0) is 11.3 Å². The summed E-state index contributed by atoms with van der Waals surface area (Å²) in [5, 5.41) is 9.70. The normalized spacial score (nSPS) is 27.1. The molecule has 1 N–H and O–H groups in total. The third kappa shape index (κ3) is 3.44. The molecule has 1 aliphatic rings. The van der Waals surface area contributed by atoms with E-state index < -0.39 is 17.9 Å². The van der Waals surface area contributed by atoms with E-state index in [0.717, 1.165) is 5.56 Å². The molecule has 0 bridgehead atoms. The number of hydrogen-bond donors (Lipinski definition) is 1. The van der Waals surface area contributed by atoms with Crippen molar-refractivity contribution in [3.8, 4) is 0 Å². The first-order chi connectivity index (χ1) is 8.99. The number of carbonyl (C=O) groups excluding carboxylic acids is 1. The van der Waals surface area contributed by atoms with Gasteiger partial charge >= 0.3 is 6.09 Å². The number of nitrogens with zero attached hydrogens (tertiary/aromatic N) is 1. The topological polar surface area (TPSA) is 49.8 Å². The van der Waals surface area contributed by atoms with Crippen molar-refractivity contribution >= 4 is 6.09 Å². The molecule has 0 unspecified atom stereocenters. The maximum Gasteiger partial charge on any atom is 0.410 e. The first kappa shape index (κ1) is 13.8. The minimum Gasteiger partial charge on any atom is -0.445 e. The van der Waals surface area contributed by atoms with Gasteiger partial charge in [-0.15, -0.1) is 0 Å². The van der Waals surface area contributed by atoms with Crippen molar-refractivity contribution in [2.45, 2.75) is 31.7 Å². The molecule has 104 valence electrons. The number of aliphatic hydroxyl groups is 1. The predicted molar refractivity (Wildman–Crippen MR) is 68.3 cm³/mol. The fourth-order valence-electron chi connectivity index (χ4n) is 1.98. The summed E-state index contributed by atoms with van der Waals surface area (Å²) in [4.78, 5) is 13.1. The fourth-order valence-corrected chi connectivity index (χ4v) is 1.98. The standard InChI is InChI=1S/C14H18FNO3/c1-14(18)7-8-16(9-12(14)15)13(17)19-10-11-5-3-2-4-6-11/h2-6,12,18H,7-10H2,1H3/t12-,14-/m1/s1. The van der Waals surface area contributed by atoms with Crippen molar-refractivity contribution in [3.05, 3.63) is 35.9 Å². The number of piperidine rings is 1. The molecule has 2 atom stereocenters. The smallest absolute Gasteiger partial charge is 0.410 e. The Bertz CT molecular complexity index is 436. The molecule has 1 saturated heterocycles. The Morgan fingerprint density at radius 3 is 2.84 bits per heavy atom. The summed E-state index contributed by atoms with van der Waals surface area (Å²) in [5.74, 6) is 0. The molecule has 19 heavy (non-hydrogen) atoms. The molecule has 1 aromatic carbocycles. The molecule has 1 aliphatic heterocycles. The van der Waals surface area contributed by atoms with Gasteiger partial charge in [0.1, 0.15) is 12.8 Å². The van der Waals surface area contributed by atoms with Gasteiger partial charge in [-0.1, -0.05) is 30.3 Å². The zero-order valence-corrected chi connectivity index (χ0v) is 10.9. The molecule has 0 aromatic heterocycles. The lowest BCUT2D eigenvalue weighted by Crippen LogP contribution is -2.53. The van der Waals surface area contributed by atoms with Crippen LogP contribution in [0, 0.1) is 0 Å². The van der Waals surface area contributed by atoms with Crippen LogP contribution in [0.1, 0.15) is 18.9 Å². The first-order valence-electron chi connectivity index (χ1n) is 6.31. The zero-order chi connectivity index (χ0) is 13.9. The van der Waals surface area contributed by atoms with Crippen molar-refractivity contribution in [1.82, 2.24) is 4.90 Å². The van der Waals surface area contributed by atoms with Crippen molar-refractivity contribution in [2.75, 3.05) is 13.1 Å². The van der Waals surface area contributed by atoms with Crippen LogP contribution in [0.5, 0.6) is 0 Å². The molecule has 0 aliphatic carbocycles. The summed E-state index contributed by atoms with van der Waals surface area (Å²) in [6.07, 6.45) is -1.76. The van der Waals surface area contributed by atoms with Gasteiger partial charge in [0.05, 0.1) is 12.1 Å². The van der Waals surface area contributed by atoms with Crippen LogP contribution >= 0.6 is 0 Å². The van der Waals surface area contributed by atoms with E-state index in [1.165, 1.54) is 11.8 Å². The highest BCUT2D eigenvalue weighted by Crippen LogP contribution is 2.25. The van der Waals surface area contributed by atoms with Gasteiger partial charge < -0.3 is 14.7 Å². The fraction of sp³-hybridized carbons (Fsp3) is 0.500. The molecular weight excluding hydrogens is 249 g/mol. The highest BCUT2D eigenvalue weighted by molar-refractivity contribution is 5.67. The van der Waals surface area contributed by atoms with Crippen molar-refractivity contribution in [2.24, 2.45) is 0 Å². The molecule has 0 radical (unpaired) electrons. The zero-order valence-electron chi connectivity index (χ0n) is 10.9. The van der Waals surface area contributed by atoms with Crippen LogP contribution in [0.3, 0.4) is 0 Å². The number of halogens is 1. The molecule has 1 amide bonds. The van der Waals surface area contributed by atoms with E-state index >= 15 is 0 Å². The molecule has 0 saturated carbocycles. The van der Waals surface area contributed by atoms with E-state index in [9.17, 15) is 14.3 Å². The van der Waals surface area contributed by atoms with Gasteiger partial charge in [0, 0.05) is 6.54 Å². The van der Waals surface area contributed by atoms with E-state index in [0.29, 0.717) is 6.54 Å². The van der Waals surface area contributed by atoms with Crippen molar-refractivity contribution in [3.63, 3.8) is 0 Å². The minimum atomic E-state index is -1.44. The van der Waals surface area contributed by atoms with Gasteiger partial charge in [0.25, 0.3) is 0 Å². The molecule has 1 heterocycles. The third-order valence-electron chi connectivity index (χ3n) is 3.41. The van der Waals surface area contributed by atoms with Gasteiger partial charge in [-0.25, -0.2) is 9.18 Å². The Morgan fingerprint density at radius 2 is 2.21 bits per heavy atom. The largest absolute Gasteiger partial charge is 0.445 e. The number of likely N-dealkylation sites (tertiary alicyclic amines) is 1. The molecular formula is C14H18FNO3. The molecule has 4 nitrogen and oxygen atoms in total. The maximum atomic E-state index is 13.6. The quantitative estimate of drug-likeness (QED) is 0.893. The highest BCUT2D eigenvalue weighted by atomic mass is 19.1. The summed E-state index contributed by atoms with van der Waals surface area (Å²) < 4.78 is 18.8. The molecule has 1 fully saturated rings. The van der Waals surface area contributed by atoms with Crippen LogP contribution in [0.4, 0.5) is 9.18 Å². The van der Waals surface area contributed by atoms with Gasteiger partial charge in [-0.05, 0) is 18.9 Å². The van der Waals surface area contributed by atoms with Gasteiger partial charge in [0.15, 0.2) is 0 Å². The number of alkyl halides is 1.